The summed E-state index contributed by atoms with van der Waals surface area (Å²) in [6.45, 7) is 13.7. The third-order valence-corrected chi connectivity index (χ3v) is 3.47. The van der Waals surface area contributed by atoms with Crippen LogP contribution in [0.15, 0.2) is 18.2 Å². The second-order valence-corrected chi connectivity index (χ2v) is 6.91. The molecule has 0 radical (unpaired) electrons. The lowest BCUT2D eigenvalue weighted by atomic mass is 9.85. The predicted octanol–water partition coefficient (Wildman–Crippen LogP) is 3.95. The molecule has 0 amide bonds. The van der Waals surface area contributed by atoms with Crippen molar-refractivity contribution in [3.63, 3.8) is 0 Å². The van der Waals surface area contributed by atoms with Gasteiger partial charge < -0.3 is 4.74 Å². The summed E-state index contributed by atoms with van der Waals surface area (Å²) in [6, 6.07) is 8.54. The van der Waals surface area contributed by atoms with Crippen molar-refractivity contribution in [2.24, 2.45) is 0 Å². The van der Waals surface area contributed by atoms with Crippen molar-refractivity contribution in [1.29, 1.82) is 5.26 Å². The van der Waals surface area contributed by atoms with E-state index < -0.39 is 5.54 Å². The van der Waals surface area contributed by atoms with Gasteiger partial charge in [0.15, 0.2) is 0 Å². The van der Waals surface area contributed by atoms with Gasteiger partial charge in [-0.25, -0.2) is 0 Å². The zero-order valence-electron chi connectivity index (χ0n) is 14.2. The molecule has 116 valence electrons. The number of hydrogen-bond donors (Lipinski definition) is 1. The summed E-state index contributed by atoms with van der Waals surface area (Å²) >= 11 is 0. The standard InChI is InChI=1S/C18H28N2O/c1-7-10-20-18(6,12-19)13-21-16-9-8-14(2)11-15(16)17(3,4)5/h8-9,11,20H,7,10,13H2,1-6H3. The molecular formula is C18H28N2O. The first kappa shape index (κ1) is 17.5. The van der Waals surface area contributed by atoms with E-state index in [-0.39, 0.29) is 5.41 Å². The second-order valence-electron chi connectivity index (χ2n) is 6.91. The minimum atomic E-state index is -0.657. The van der Waals surface area contributed by atoms with Crippen LogP contribution in [0.1, 0.15) is 52.2 Å². The van der Waals surface area contributed by atoms with Crippen LogP contribution in [0.25, 0.3) is 0 Å². The average Bonchev–Trinajstić information content (AvgIpc) is 2.43. The smallest absolute Gasteiger partial charge is 0.138 e. The molecule has 1 aromatic carbocycles. The van der Waals surface area contributed by atoms with Crippen molar-refractivity contribution in [1.82, 2.24) is 5.32 Å². The lowest BCUT2D eigenvalue weighted by Crippen LogP contribution is -2.46. The quantitative estimate of drug-likeness (QED) is 0.862. The van der Waals surface area contributed by atoms with Crippen LogP contribution in [0.2, 0.25) is 0 Å². The lowest BCUT2D eigenvalue weighted by molar-refractivity contribution is 0.230. The van der Waals surface area contributed by atoms with Crippen molar-refractivity contribution >= 4 is 0 Å². The van der Waals surface area contributed by atoms with Crippen LogP contribution in [0.4, 0.5) is 0 Å². The molecule has 0 aromatic heterocycles. The molecule has 1 rings (SSSR count). The molecular weight excluding hydrogens is 260 g/mol. The minimum Gasteiger partial charge on any atom is -0.490 e. The first-order chi connectivity index (χ1) is 9.72. The third kappa shape index (κ3) is 5.06. The van der Waals surface area contributed by atoms with Crippen LogP contribution in [-0.4, -0.2) is 18.7 Å². The zero-order chi connectivity index (χ0) is 16.1. The number of nitrogens with one attached hydrogen (secondary N) is 1. The summed E-state index contributed by atoms with van der Waals surface area (Å²) in [5, 5.41) is 12.6. The van der Waals surface area contributed by atoms with Crippen molar-refractivity contribution < 1.29 is 4.74 Å². The fourth-order valence-electron chi connectivity index (χ4n) is 2.10. The Kier molecular flexibility index (Phi) is 5.80. The Bertz CT molecular complexity index is 511. The Morgan fingerprint density at radius 3 is 2.43 bits per heavy atom. The van der Waals surface area contributed by atoms with Crippen LogP contribution in [0, 0.1) is 18.3 Å². The number of aryl methyl sites for hydroxylation is 1. The first-order valence-electron chi connectivity index (χ1n) is 7.62. The molecule has 0 aliphatic rings. The van der Waals surface area contributed by atoms with Gasteiger partial charge in [0.25, 0.3) is 0 Å². The number of rotatable bonds is 6. The highest BCUT2D eigenvalue weighted by Gasteiger charge is 2.26. The van der Waals surface area contributed by atoms with Crippen LogP contribution in [0.5, 0.6) is 5.75 Å². The Morgan fingerprint density at radius 2 is 1.90 bits per heavy atom. The summed E-state index contributed by atoms with van der Waals surface area (Å²) in [5.74, 6) is 0.868. The SMILES string of the molecule is CCCNC(C)(C#N)COc1ccc(C)cc1C(C)(C)C. The molecule has 0 spiro atoms. The molecule has 0 fully saturated rings. The normalized spacial score (nSPS) is 14.3. The molecule has 0 aliphatic heterocycles. The van der Waals surface area contributed by atoms with Crippen LogP contribution in [-0.2, 0) is 5.41 Å². The van der Waals surface area contributed by atoms with E-state index in [9.17, 15) is 5.26 Å². The Morgan fingerprint density at radius 1 is 1.24 bits per heavy atom. The summed E-state index contributed by atoms with van der Waals surface area (Å²) in [5.41, 5.74) is 1.76. The van der Waals surface area contributed by atoms with Crippen LogP contribution in [0.3, 0.4) is 0 Å². The molecule has 0 saturated heterocycles. The average molecular weight is 288 g/mol. The van der Waals surface area contributed by atoms with Crippen molar-refractivity contribution in [3.8, 4) is 11.8 Å². The van der Waals surface area contributed by atoms with Gasteiger partial charge in [-0.15, -0.1) is 0 Å². The Hall–Kier alpha value is -1.53. The van der Waals surface area contributed by atoms with Crippen LogP contribution >= 0.6 is 0 Å². The van der Waals surface area contributed by atoms with Crippen molar-refractivity contribution in [3.05, 3.63) is 29.3 Å². The van der Waals surface area contributed by atoms with E-state index in [1.54, 1.807) is 0 Å². The van der Waals surface area contributed by atoms with Gasteiger partial charge in [-0.1, -0.05) is 45.4 Å². The third-order valence-electron chi connectivity index (χ3n) is 3.47. The number of nitrogens with zero attached hydrogens (tertiary/aromatic N) is 1. The number of nitriles is 1. The largest absolute Gasteiger partial charge is 0.490 e. The van der Waals surface area contributed by atoms with Gasteiger partial charge in [0, 0.05) is 0 Å². The maximum absolute atomic E-state index is 9.37. The first-order valence-corrected chi connectivity index (χ1v) is 7.62. The van der Waals surface area contributed by atoms with Gasteiger partial charge in [-0.2, -0.15) is 5.26 Å². The number of benzene rings is 1. The van der Waals surface area contributed by atoms with Gasteiger partial charge in [-0.3, -0.25) is 5.32 Å². The van der Waals surface area contributed by atoms with E-state index in [0.717, 1.165) is 18.7 Å². The number of ether oxygens (including phenoxy) is 1. The predicted molar refractivity (Wildman–Crippen MR) is 87.7 cm³/mol. The van der Waals surface area contributed by atoms with Gasteiger partial charge in [0.05, 0.1) is 6.07 Å². The van der Waals surface area contributed by atoms with Crippen molar-refractivity contribution in [2.75, 3.05) is 13.2 Å². The van der Waals surface area contributed by atoms with E-state index in [1.165, 1.54) is 11.1 Å². The summed E-state index contributed by atoms with van der Waals surface area (Å²) in [7, 11) is 0. The highest BCUT2D eigenvalue weighted by atomic mass is 16.5. The molecule has 0 saturated carbocycles. The molecule has 1 N–H and O–H groups in total. The topological polar surface area (TPSA) is 45.0 Å². The maximum Gasteiger partial charge on any atom is 0.138 e. The fraction of sp³-hybridized carbons (Fsp3) is 0.611. The molecule has 0 aliphatic carbocycles. The monoisotopic (exact) mass is 288 g/mol. The summed E-state index contributed by atoms with van der Waals surface area (Å²) in [6.07, 6.45) is 0.995. The summed E-state index contributed by atoms with van der Waals surface area (Å²) in [4.78, 5) is 0. The van der Waals surface area contributed by atoms with Gasteiger partial charge >= 0.3 is 0 Å². The highest BCUT2D eigenvalue weighted by Crippen LogP contribution is 2.32. The van der Waals surface area contributed by atoms with E-state index in [2.05, 4.69) is 52.1 Å². The zero-order valence-corrected chi connectivity index (χ0v) is 14.2. The van der Waals surface area contributed by atoms with Crippen LogP contribution < -0.4 is 10.1 Å². The molecule has 1 atom stereocenters. The summed E-state index contributed by atoms with van der Waals surface area (Å²) < 4.78 is 5.99. The highest BCUT2D eigenvalue weighted by molar-refractivity contribution is 5.41. The second kappa shape index (κ2) is 6.95. The van der Waals surface area contributed by atoms with E-state index in [4.69, 9.17) is 4.74 Å². The molecule has 1 aromatic rings. The van der Waals surface area contributed by atoms with E-state index in [1.807, 2.05) is 19.1 Å². The Labute approximate surface area is 129 Å². The molecule has 0 heterocycles. The van der Waals surface area contributed by atoms with Crippen molar-refractivity contribution in [2.45, 2.75) is 58.9 Å². The van der Waals surface area contributed by atoms with E-state index >= 15 is 0 Å². The fourth-order valence-corrected chi connectivity index (χ4v) is 2.10. The van der Waals surface area contributed by atoms with Gasteiger partial charge in [-0.05, 0) is 43.9 Å². The molecule has 21 heavy (non-hydrogen) atoms. The molecule has 0 bridgehead atoms. The maximum atomic E-state index is 9.37. The van der Waals surface area contributed by atoms with Gasteiger partial charge in [0.2, 0.25) is 0 Å². The molecule has 3 nitrogen and oxygen atoms in total. The Balaban J connectivity index is 2.91. The van der Waals surface area contributed by atoms with Gasteiger partial charge in [0.1, 0.15) is 17.9 Å². The number of hydrogen-bond acceptors (Lipinski definition) is 3. The van der Waals surface area contributed by atoms with E-state index in [0.29, 0.717) is 6.61 Å². The molecule has 1 unspecified atom stereocenters. The minimum absolute atomic E-state index is 0.0151. The lowest BCUT2D eigenvalue weighted by Gasteiger charge is -2.27. The molecule has 3 heteroatoms.